The minimum atomic E-state index is -0.000516. The SMILES string of the molecule is O=C(Cc1ccccc1)NCc1nc(-c2ccc(Cl)cc2)cs1. The average molecular weight is 343 g/mol. The summed E-state index contributed by atoms with van der Waals surface area (Å²) in [7, 11) is 0. The highest BCUT2D eigenvalue weighted by Gasteiger charge is 2.07. The minimum Gasteiger partial charge on any atom is -0.349 e. The summed E-state index contributed by atoms with van der Waals surface area (Å²) in [6.07, 6.45) is 0.385. The number of hydrogen-bond donors (Lipinski definition) is 1. The van der Waals surface area contributed by atoms with E-state index < -0.39 is 0 Å². The largest absolute Gasteiger partial charge is 0.349 e. The lowest BCUT2D eigenvalue weighted by molar-refractivity contribution is -0.120. The summed E-state index contributed by atoms with van der Waals surface area (Å²) >= 11 is 7.43. The van der Waals surface area contributed by atoms with Crippen LogP contribution < -0.4 is 5.32 Å². The first kappa shape index (κ1) is 15.7. The number of carbonyl (C=O) groups excluding carboxylic acids is 1. The van der Waals surface area contributed by atoms with Gasteiger partial charge in [-0.3, -0.25) is 4.79 Å². The lowest BCUT2D eigenvalue weighted by Crippen LogP contribution is -2.24. The maximum atomic E-state index is 12.0. The molecule has 0 radical (unpaired) electrons. The third kappa shape index (κ3) is 4.41. The van der Waals surface area contributed by atoms with Crippen LogP contribution in [0, 0.1) is 0 Å². The van der Waals surface area contributed by atoms with Crippen LogP contribution in [0.1, 0.15) is 10.6 Å². The molecule has 5 heteroatoms. The summed E-state index contributed by atoms with van der Waals surface area (Å²) in [5, 5.41) is 6.49. The lowest BCUT2D eigenvalue weighted by Gasteiger charge is -2.03. The van der Waals surface area contributed by atoms with Crippen molar-refractivity contribution in [2.75, 3.05) is 0 Å². The van der Waals surface area contributed by atoms with Crippen LogP contribution in [0.4, 0.5) is 0 Å². The summed E-state index contributed by atoms with van der Waals surface area (Å²) in [6, 6.07) is 17.3. The fraction of sp³-hybridized carbons (Fsp3) is 0.111. The Balaban J connectivity index is 1.57. The molecule has 1 N–H and O–H groups in total. The summed E-state index contributed by atoms with van der Waals surface area (Å²) in [6.45, 7) is 0.448. The quantitative estimate of drug-likeness (QED) is 0.750. The van der Waals surface area contributed by atoms with Gasteiger partial charge in [0.15, 0.2) is 0 Å². The van der Waals surface area contributed by atoms with E-state index >= 15 is 0 Å². The molecular weight excluding hydrogens is 328 g/mol. The van der Waals surface area contributed by atoms with Crippen LogP contribution in [0.15, 0.2) is 60.0 Å². The van der Waals surface area contributed by atoms with Crippen LogP contribution >= 0.6 is 22.9 Å². The summed E-state index contributed by atoms with van der Waals surface area (Å²) in [5.74, 6) is -0.000516. The van der Waals surface area contributed by atoms with Crippen LogP contribution in [-0.2, 0) is 17.8 Å². The van der Waals surface area contributed by atoms with Crippen molar-refractivity contribution in [1.29, 1.82) is 0 Å². The number of amides is 1. The predicted octanol–water partition coefficient (Wildman–Crippen LogP) is 4.32. The van der Waals surface area contributed by atoms with Gasteiger partial charge in [0.05, 0.1) is 18.7 Å². The summed E-state index contributed by atoms with van der Waals surface area (Å²) < 4.78 is 0. The zero-order valence-electron chi connectivity index (χ0n) is 12.3. The fourth-order valence-corrected chi connectivity index (χ4v) is 3.03. The Morgan fingerprint density at radius 3 is 2.57 bits per heavy atom. The third-order valence-corrected chi connectivity index (χ3v) is 4.44. The van der Waals surface area contributed by atoms with E-state index in [1.54, 1.807) is 0 Å². The van der Waals surface area contributed by atoms with E-state index in [1.165, 1.54) is 11.3 Å². The van der Waals surface area contributed by atoms with Gasteiger partial charge in [-0.05, 0) is 17.7 Å². The number of benzene rings is 2. The molecule has 1 aromatic heterocycles. The molecule has 0 aliphatic carbocycles. The molecule has 0 bridgehead atoms. The molecule has 23 heavy (non-hydrogen) atoms. The van der Waals surface area contributed by atoms with Crippen molar-refractivity contribution in [2.24, 2.45) is 0 Å². The van der Waals surface area contributed by atoms with Gasteiger partial charge < -0.3 is 5.32 Å². The van der Waals surface area contributed by atoms with E-state index in [-0.39, 0.29) is 5.91 Å². The average Bonchev–Trinajstić information content (AvgIpc) is 3.04. The van der Waals surface area contributed by atoms with Gasteiger partial charge in [0.25, 0.3) is 0 Å². The second-order valence-corrected chi connectivity index (χ2v) is 6.45. The molecular formula is C18H15ClN2OS. The highest BCUT2D eigenvalue weighted by atomic mass is 35.5. The number of nitrogens with zero attached hydrogens (tertiary/aromatic N) is 1. The van der Waals surface area contributed by atoms with Crippen LogP contribution in [-0.4, -0.2) is 10.9 Å². The van der Waals surface area contributed by atoms with Gasteiger partial charge in [0.2, 0.25) is 5.91 Å². The van der Waals surface area contributed by atoms with E-state index in [4.69, 9.17) is 11.6 Å². The maximum absolute atomic E-state index is 12.0. The highest BCUT2D eigenvalue weighted by Crippen LogP contribution is 2.23. The number of hydrogen-bond acceptors (Lipinski definition) is 3. The highest BCUT2D eigenvalue weighted by molar-refractivity contribution is 7.09. The molecule has 0 saturated carbocycles. The zero-order chi connectivity index (χ0) is 16.1. The molecule has 0 aliphatic heterocycles. The van der Waals surface area contributed by atoms with Gasteiger partial charge in [-0.2, -0.15) is 0 Å². The zero-order valence-corrected chi connectivity index (χ0v) is 13.9. The van der Waals surface area contributed by atoms with Crippen LogP contribution in [0.3, 0.4) is 0 Å². The van der Waals surface area contributed by atoms with Crippen molar-refractivity contribution in [3.8, 4) is 11.3 Å². The molecule has 2 aromatic carbocycles. The molecule has 0 fully saturated rings. The lowest BCUT2D eigenvalue weighted by atomic mass is 10.1. The maximum Gasteiger partial charge on any atom is 0.224 e. The Kier molecular flexibility index (Phi) is 5.05. The second-order valence-electron chi connectivity index (χ2n) is 5.07. The van der Waals surface area contributed by atoms with Crippen molar-refractivity contribution in [2.45, 2.75) is 13.0 Å². The topological polar surface area (TPSA) is 42.0 Å². The third-order valence-electron chi connectivity index (χ3n) is 3.34. The van der Waals surface area contributed by atoms with Crippen molar-refractivity contribution >= 4 is 28.8 Å². The molecule has 3 aromatic rings. The molecule has 1 heterocycles. The Morgan fingerprint density at radius 2 is 1.83 bits per heavy atom. The van der Waals surface area contributed by atoms with Gasteiger partial charge in [0.1, 0.15) is 5.01 Å². The minimum absolute atomic E-state index is 0.000516. The first-order chi connectivity index (χ1) is 11.2. The van der Waals surface area contributed by atoms with Crippen LogP contribution in [0.5, 0.6) is 0 Å². The normalized spacial score (nSPS) is 10.5. The molecule has 0 saturated heterocycles. The molecule has 3 nitrogen and oxygen atoms in total. The van der Waals surface area contributed by atoms with Crippen molar-refractivity contribution < 1.29 is 4.79 Å². The monoisotopic (exact) mass is 342 g/mol. The van der Waals surface area contributed by atoms with Crippen LogP contribution in [0.25, 0.3) is 11.3 Å². The molecule has 116 valence electrons. The Labute approximate surface area is 144 Å². The van der Waals surface area contributed by atoms with Gasteiger partial charge in [-0.25, -0.2) is 4.98 Å². The molecule has 1 amide bonds. The van der Waals surface area contributed by atoms with Crippen molar-refractivity contribution in [3.05, 3.63) is 75.6 Å². The predicted molar refractivity (Wildman–Crippen MR) is 94.6 cm³/mol. The smallest absolute Gasteiger partial charge is 0.224 e. The number of aromatic nitrogens is 1. The first-order valence-corrected chi connectivity index (χ1v) is 8.47. The van der Waals surface area contributed by atoms with Gasteiger partial charge >= 0.3 is 0 Å². The number of carbonyl (C=O) groups is 1. The summed E-state index contributed by atoms with van der Waals surface area (Å²) in [5.41, 5.74) is 2.93. The standard InChI is InChI=1S/C18H15ClN2OS/c19-15-8-6-14(7-9-15)16-12-23-18(21-16)11-20-17(22)10-13-4-2-1-3-5-13/h1-9,12H,10-11H2,(H,20,22). The van der Waals surface area contributed by atoms with Crippen molar-refractivity contribution in [3.63, 3.8) is 0 Å². The van der Waals surface area contributed by atoms with E-state index in [0.717, 1.165) is 21.8 Å². The second kappa shape index (κ2) is 7.40. The van der Waals surface area contributed by atoms with Crippen molar-refractivity contribution in [1.82, 2.24) is 10.3 Å². The number of halogens is 1. The molecule has 0 aliphatic rings. The Bertz CT molecular complexity index is 784. The molecule has 0 spiro atoms. The van der Waals surface area contributed by atoms with E-state index in [2.05, 4.69) is 10.3 Å². The first-order valence-electron chi connectivity index (χ1n) is 7.22. The fourth-order valence-electron chi connectivity index (χ4n) is 2.16. The van der Waals surface area contributed by atoms with Crippen LogP contribution in [0.2, 0.25) is 5.02 Å². The Morgan fingerprint density at radius 1 is 1.09 bits per heavy atom. The van der Waals surface area contributed by atoms with E-state index in [9.17, 15) is 4.79 Å². The van der Waals surface area contributed by atoms with Gasteiger partial charge in [-0.15, -0.1) is 11.3 Å². The van der Waals surface area contributed by atoms with Gasteiger partial charge in [-0.1, -0.05) is 54.1 Å². The number of nitrogens with one attached hydrogen (secondary N) is 1. The number of thiazole rings is 1. The Hall–Kier alpha value is -2.17. The summed E-state index contributed by atoms with van der Waals surface area (Å²) in [4.78, 5) is 16.5. The van der Waals surface area contributed by atoms with E-state index in [0.29, 0.717) is 18.0 Å². The molecule has 0 unspecified atom stereocenters. The van der Waals surface area contributed by atoms with E-state index in [1.807, 2.05) is 60.0 Å². The van der Waals surface area contributed by atoms with Gasteiger partial charge in [0, 0.05) is 16.0 Å². The number of rotatable bonds is 5. The molecule has 3 rings (SSSR count). The molecule has 0 atom stereocenters.